The molecule has 114 valence electrons. The lowest BCUT2D eigenvalue weighted by atomic mass is 10.1. The van der Waals surface area contributed by atoms with Crippen LogP contribution in [0.1, 0.15) is 16.9 Å². The van der Waals surface area contributed by atoms with E-state index in [0.29, 0.717) is 5.76 Å². The van der Waals surface area contributed by atoms with Crippen LogP contribution in [0, 0.1) is 13.8 Å². The van der Waals surface area contributed by atoms with Crippen molar-refractivity contribution in [2.45, 2.75) is 13.8 Å². The third-order valence-corrected chi connectivity index (χ3v) is 2.73. The molecule has 6 heteroatoms. The van der Waals surface area contributed by atoms with Gasteiger partial charge >= 0.3 is 5.97 Å². The van der Waals surface area contributed by atoms with Crippen LogP contribution in [-0.4, -0.2) is 23.6 Å². The van der Waals surface area contributed by atoms with Crippen molar-refractivity contribution in [3.05, 3.63) is 53.3 Å². The van der Waals surface area contributed by atoms with Gasteiger partial charge in [0, 0.05) is 12.1 Å². The predicted octanol–water partition coefficient (Wildman–Crippen LogP) is 2.49. The predicted molar refractivity (Wildman–Crippen MR) is 81.0 cm³/mol. The van der Waals surface area contributed by atoms with E-state index in [9.17, 15) is 9.59 Å². The first kappa shape index (κ1) is 15.5. The lowest BCUT2D eigenvalue weighted by molar-refractivity contribution is -0.142. The van der Waals surface area contributed by atoms with Crippen LogP contribution in [0.25, 0.3) is 6.08 Å². The fourth-order valence-corrected chi connectivity index (χ4v) is 1.63. The quantitative estimate of drug-likeness (QED) is 0.677. The summed E-state index contributed by atoms with van der Waals surface area (Å²) < 4.78 is 9.64. The van der Waals surface area contributed by atoms with Gasteiger partial charge < -0.3 is 14.6 Å². The first-order valence-corrected chi connectivity index (χ1v) is 6.67. The van der Waals surface area contributed by atoms with E-state index in [-0.39, 0.29) is 12.4 Å². The van der Waals surface area contributed by atoms with Gasteiger partial charge in [0.05, 0.1) is 0 Å². The number of aromatic nitrogens is 1. The number of hydrogen-bond acceptors (Lipinski definition) is 5. The number of nitrogens with one attached hydrogen (secondary N) is 1. The number of hydrogen-bond donors (Lipinski definition) is 1. The molecule has 1 aromatic heterocycles. The second-order valence-electron chi connectivity index (χ2n) is 4.72. The Morgan fingerprint density at radius 1 is 1.27 bits per heavy atom. The first-order chi connectivity index (χ1) is 10.5. The average molecular weight is 300 g/mol. The van der Waals surface area contributed by atoms with Gasteiger partial charge in [0.2, 0.25) is 0 Å². The summed E-state index contributed by atoms with van der Waals surface area (Å²) >= 11 is 0. The second kappa shape index (κ2) is 7.21. The Labute approximate surface area is 127 Å². The molecule has 0 fully saturated rings. The number of anilines is 1. The summed E-state index contributed by atoms with van der Waals surface area (Å²) in [4.78, 5) is 23.1. The Morgan fingerprint density at radius 3 is 2.64 bits per heavy atom. The van der Waals surface area contributed by atoms with E-state index in [2.05, 4.69) is 10.5 Å². The van der Waals surface area contributed by atoms with Gasteiger partial charge in [-0.2, -0.15) is 0 Å². The number of amides is 1. The number of rotatable bonds is 5. The minimum Gasteiger partial charge on any atom is -0.452 e. The summed E-state index contributed by atoms with van der Waals surface area (Å²) in [5.41, 5.74) is 2.02. The van der Waals surface area contributed by atoms with E-state index in [4.69, 9.17) is 9.26 Å². The third kappa shape index (κ3) is 4.90. The number of aryl methyl sites for hydroxylation is 2. The molecule has 1 heterocycles. The first-order valence-electron chi connectivity index (χ1n) is 6.67. The zero-order valence-corrected chi connectivity index (χ0v) is 12.3. The molecule has 22 heavy (non-hydrogen) atoms. The molecule has 1 aromatic carbocycles. The van der Waals surface area contributed by atoms with E-state index in [1.807, 2.05) is 31.2 Å². The molecule has 0 saturated heterocycles. The number of esters is 1. The number of benzene rings is 1. The maximum atomic E-state index is 11.5. The highest BCUT2D eigenvalue weighted by molar-refractivity contribution is 5.94. The fourth-order valence-electron chi connectivity index (χ4n) is 1.63. The molecular weight excluding hydrogens is 284 g/mol. The van der Waals surface area contributed by atoms with Gasteiger partial charge in [0.1, 0.15) is 5.76 Å². The summed E-state index contributed by atoms with van der Waals surface area (Å²) in [6.45, 7) is 3.30. The molecule has 0 saturated carbocycles. The van der Waals surface area contributed by atoms with E-state index < -0.39 is 11.9 Å². The Bertz CT molecular complexity index is 686. The molecule has 1 N–H and O–H groups in total. The average Bonchev–Trinajstić information content (AvgIpc) is 2.89. The third-order valence-electron chi connectivity index (χ3n) is 2.73. The minimum absolute atomic E-state index is 0.286. The monoisotopic (exact) mass is 300 g/mol. The maximum Gasteiger partial charge on any atom is 0.331 e. The van der Waals surface area contributed by atoms with Crippen molar-refractivity contribution in [2.24, 2.45) is 0 Å². The summed E-state index contributed by atoms with van der Waals surface area (Å²) in [6, 6.07) is 9.23. The largest absolute Gasteiger partial charge is 0.452 e. The van der Waals surface area contributed by atoms with Gasteiger partial charge in [-0.25, -0.2) is 4.79 Å². The lowest BCUT2D eigenvalue weighted by Crippen LogP contribution is -2.20. The van der Waals surface area contributed by atoms with Gasteiger partial charge in [0.15, 0.2) is 12.4 Å². The number of carbonyl (C=O) groups is 2. The van der Waals surface area contributed by atoms with Crippen LogP contribution >= 0.6 is 0 Å². The molecule has 0 spiro atoms. The van der Waals surface area contributed by atoms with Gasteiger partial charge in [0.25, 0.3) is 5.91 Å². The molecule has 2 aromatic rings. The van der Waals surface area contributed by atoms with Crippen LogP contribution in [0.15, 0.2) is 40.9 Å². The van der Waals surface area contributed by atoms with Crippen molar-refractivity contribution < 1.29 is 18.8 Å². The molecule has 0 aliphatic heterocycles. The van der Waals surface area contributed by atoms with Gasteiger partial charge in [-0.3, -0.25) is 4.79 Å². The molecule has 0 aliphatic rings. The van der Waals surface area contributed by atoms with Crippen molar-refractivity contribution >= 4 is 23.8 Å². The van der Waals surface area contributed by atoms with Crippen molar-refractivity contribution in [2.75, 3.05) is 11.9 Å². The summed E-state index contributed by atoms with van der Waals surface area (Å²) in [5.74, 6) is -0.209. The van der Waals surface area contributed by atoms with Crippen molar-refractivity contribution in [1.29, 1.82) is 0 Å². The molecular formula is C16H16N2O4. The molecule has 0 bridgehead atoms. The highest BCUT2D eigenvalue weighted by Gasteiger charge is 2.08. The van der Waals surface area contributed by atoms with Gasteiger partial charge in [-0.15, -0.1) is 0 Å². The van der Waals surface area contributed by atoms with Gasteiger partial charge in [-0.05, 0) is 25.5 Å². The topological polar surface area (TPSA) is 81.4 Å². The summed E-state index contributed by atoms with van der Waals surface area (Å²) in [7, 11) is 0. The van der Waals surface area contributed by atoms with Crippen LogP contribution in [-0.2, 0) is 14.3 Å². The Balaban J connectivity index is 1.77. The molecule has 6 nitrogen and oxygen atoms in total. The highest BCUT2D eigenvalue weighted by Crippen LogP contribution is 2.07. The van der Waals surface area contributed by atoms with Crippen LogP contribution in [0.5, 0.6) is 0 Å². The van der Waals surface area contributed by atoms with E-state index in [0.717, 1.165) is 11.1 Å². The smallest absolute Gasteiger partial charge is 0.331 e. The Morgan fingerprint density at radius 2 is 2.00 bits per heavy atom. The number of carbonyl (C=O) groups excluding carboxylic acids is 2. The van der Waals surface area contributed by atoms with E-state index >= 15 is 0 Å². The van der Waals surface area contributed by atoms with Crippen molar-refractivity contribution in [1.82, 2.24) is 5.16 Å². The SMILES string of the molecule is Cc1ccc(/C=C/C(=O)OCC(=O)Nc2cc(C)on2)cc1. The lowest BCUT2D eigenvalue weighted by Gasteiger charge is -2.01. The highest BCUT2D eigenvalue weighted by atomic mass is 16.5. The standard InChI is InChI=1S/C16H16N2O4/c1-11-3-5-13(6-4-11)7-8-16(20)21-10-15(19)17-14-9-12(2)22-18-14/h3-9H,10H2,1-2H3,(H,17,18,19)/b8-7+. The van der Waals surface area contributed by atoms with Crippen molar-refractivity contribution in [3.63, 3.8) is 0 Å². The molecule has 0 aliphatic carbocycles. The summed E-state index contributed by atoms with van der Waals surface area (Å²) in [6.07, 6.45) is 2.90. The molecule has 1 amide bonds. The molecule has 0 atom stereocenters. The normalized spacial score (nSPS) is 10.6. The number of ether oxygens (including phenoxy) is 1. The van der Waals surface area contributed by atoms with E-state index in [1.165, 1.54) is 6.08 Å². The summed E-state index contributed by atoms with van der Waals surface area (Å²) in [5, 5.41) is 6.06. The zero-order chi connectivity index (χ0) is 15.9. The van der Waals surface area contributed by atoms with Crippen LogP contribution in [0.3, 0.4) is 0 Å². The fraction of sp³-hybridized carbons (Fsp3) is 0.188. The van der Waals surface area contributed by atoms with Gasteiger partial charge in [-0.1, -0.05) is 35.0 Å². The molecule has 2 rings (SSSR count). The van der Waals surface area contributed by atoms with Crippen LogP contribution in [0.4, 0.5) is 5.82 Å². The van der Waals surface area contributed by atoms with Crippen LogP contribution in [0.2, 0.25) is 0 Å². The zero-order valence-electron chi connectivity index (χ0n) is 12.3. The minimum atomic E-state index is -0.591. The molecule has 0 unspecified atom stereocenters. The van der Waals surface area contributed by atoms with Crippen LogP contribution < -0.4 is 5.32 Å². The Kier molecular flexibility index (Phi) is 5.08. The molecule has 0 radical (unpaired) electrons. The Hall–Kier alpha value is -2.89. The maximum absolute atomic E-state index is 11.5. The number of nitrogens with zero attached hydrogens (tertiary/aromatic N) is 1. The second-order valence-corrected chi connectivity index (χ2v) is 4.72. The van der Waals surface area contributed by atoms with E-state index in [1.54, 1.807) is 19.1 Å². The van der Waals surface area contributed by atoms with Crippen molar-refractivity contribution in [3.8, 4) is 0 Å².